The number of rotatable bonds is 6. The number of sulfone groups is 1. The first-order valence-corrected chi connectivity index (χ1v) is 11.5. The Hall–Kier alpha value is -1.39. The quantitative estimate of drug-likeness (QED) is 0.686. The second-order valence-electron chi connectivity index (χ2n) is 5.79. The molecule has 0 radical (unpaired) electrons. The highest BCUT2D eigenvalue weighted by molar-refractivity contribution is 8.00. The molecule has 0 spiro atoms. The molecule has 3 heterocycles. The maximum absolute atomic E-state index is 12.7. The van der Waals surface area contributed by atoms with E-state index in [9.17, 15) is 13.2 Å². The Balaban J connectivity index is 1.65. The van der Waals surface area contributed by atoms with Crippen LogP contribution >= 0.6 is 23.1 Å². The van der Waals surface area contributed by atoms with E-state index in [-0.39, 0.29) is 23.5 Å². The summed E-state index contributed by atoms with van der Waals surface area (Å²) in [6.07, 6.45) is 0.502. The molecule has 2 aromatic heterocycles. The summed E-state index contributed by atoms with van der Waals surface area (Å²) in [7, 11) is -3.03. The SMILES string of the molecule is CCN(C(=O)[C@@H](C)Sc1nnc(-c2cccs2)o1)[C@@H]1CCS(=O)(=O)C1. The number of thiophene rings is 1. The highest BCUT2D eigenvalue weighted by Crippen LogP contribution is 2.30. The smallest absolute Gasteiger partial charge is 0.277 e. The van der Waals surface area contributed by atoms with Gasteiger partial charge < -0.3 is 9.32 Å². The van der Waals surface area contributed by atoms with Crippen molar-refractivity contribution in [1.29, 1.82) is 0 Å². The number of thioether (sulfide) groups is 1. The summed E-state index contributed by atoms with van der Waals surface area (Å²) in [6, 6.07) is 3.55. The third-order valence-electron chi connectivity index (χ3n) is 4.04. The molecule has 0 aliphatic carbocycles. The summed E-state index contributed by atoms with van der Waals surface area (Å²) in [4.78, 5) is 15.3. The van der Waals surface area contributed by atoms with E-state index >= 15 is 0 Å². The Morgan fingerprint density at radius 1 is 1.52 bits per heavy atom. The van der Waals surface area contributed by atoms with Gasteiger partial charge in [0.05, 0.1) is 21.6 Å². The third kappa shape index (κ3) is 4.24. The highest BCUT2D eigenvalue weighted by Gasteiger charge is 2.35. The first kappa shape index (κ1) is 18.4. The molecule has 1 aliphatic rings. The van der Waals surface area contributed by atoms with Gasteiger partial charge in [-0.15, -0.1) is 21.5 Å². The van der Waals surface area contributed by atoms with Crippen LogP contribution in [0.5, 0.6) is 0 Å². The lowest BCUT2D eigenvalue weighted by atomic mass is 10.2. The van der Waals surface area contributed by atoms with Crippen LogP contribution in [0.2, 0.25) is 0 Å². The van der Waals surface area contributed by atoms with Crippen LogP contribution in [0, 0.1) is 0 Å². The Labute approximate surface area is 154 Å². The molecule has 0 aromatic carbocycles. The molecule has 136 valence electrons. The number of carbonyl (C=O) groups excluding carboxylic acids is 1. The van der Waals surface area contributed by atoms with Crippen LogP contribution in [0.4, 0.5) is 0 Å². The van der Waals surface area contributed by atoms with Gasteiger partial charge in [-0.3, -0.25) is 4.79 Å². The number of carbonyl (C=O) groups is 1. The maximum Gasteiger partial charge on any atom is 0.277 e. The molecular formula is C15H19N3O4S3. The zero-order valence-corrected chi connectivity index (χ0v) is 16.4. The predicted octanol–water partition coefficient (Wildman–Crippen LogP) is 2.31. The van der Waals surface area contributed by atoms with Crippen LogP contribution in [0.3, 0.4) is 0 Å². The standard InChI is InChI=1S/C15H19N3O4S3/c1-3-18(11-6-8-25(20,21)9-11)14(19)10(2)24-15-17-16-13(22-15)12-5-4-7-23-12/h4-5,7,10-11H,3,6,8-9H2,1-2H3/t10-,11-/m1/s1. The molecule has 1 amide bonds. The van der Waals surface area contributed by atoms with Crippen LogP contribution in [0.1, 0.15) is 20.3 Å². The molecule has 2 aromatic rings. The molecule has 7 nitrogen and oxygen atoms in total. The van der Waals surface area contributed by atoms with Gasteiger partial charge in [-0.2, -0.15) is 0 Å². The van der Waals surface area contributed by atoms with Crippen molar-refractivity contribution in [3.8, 4) is 10.8 Å². The first-order chi connectivity index (χ1) is 11.9. The minimum Gasteiger partial charge on any atom is -0.410 e. The van der Waals surface area contributed by atoms with Crippen molar-refractivity contribution < 1.29 is 17.6 Å². The molecular weight excluding hydrogens is 382 g/mol. The lowest BCUT2D eigenvalue weighted by Gasteiger charge is -2.28. The van der Waals surface area contributed by atoms with Gasteiger partial charge in [0.2, 0.25) is 5.91 Å². The molecule has 0 N–H and O–H groups in total. The number of aromatic nitrogens is 2. The summed E-state index contributed by atoms with van der Waals surface area (Å²) in [5.41, 5.74) is 0. The molecule has 1 fully saturated rings. The summed E-state index contributed by atoms with van der Waals surface area (Å²) in [5.74, 6) is 0.529. The Morgan fingerprint density at radius 2 is 2.32 bits per heavy atom. The van der Waals surface area contributed by atoms with Crippen molar-refractivity contribution in [3.63, 3.8) is 0 Å². The average Bonchev–Trinajstić information content (AvgIpc) is 3.28. The van der Waals surface area contributed by atoms with Gasteiger partial charge in [0.15, 0.2) is 9.84 Å². The van der Waals surface area contributed by atoms with Crippen LogP contribution in [-0.4, -0.2) is 58.8 Å². The van der Waals surface area contributed by atoms with E-state index in [1.54, 1.807) is 11.8 Å². The molecule has 25 heavy (non-hydrogen) atoms. The second-order valence-corrected chi connectivity index (χ2v) is 10.3. The van der Waals surface area contributed by atoms with Crippen molar-refractivity contribution in [2.45, 2.75) is 36.8 Å². The maximum atomic E-state index is 12.7. The largest absolute Gasteiger partial charge is 0.410 e. The fraction of sp³-hybridized carbons (Fsp3) is 0.533. The number of hydrogen-bond donors (Lipinski definition) is 0. The molecule has 3 rings (SSSR count). The molecule has 0 saturated carbocycles. The van der Waals surface area contributed by atoms with Gasteiger partial charge in [0.25, 0.3) is 11.1 Å². The summed E-state index contributed by atoms with van der Waals surface area (Å²) >= 11 is 2.70. The van der Waals surface area contributed by atoms with Gasteiger partial charge in [0, 0.05) is 12.6 Å². The van der Waals surface area contributed by atoms with Crippen LogP contribution < -0.4 is 0 Å². The normalized spacial score (nSPS) is 20.5. The van der Waals surface area contributed by atoms with E-state index in [1.165, 1.54) is 23.1 Å². The lowest BCUT2D eigenvalue weighted by molar-refractivity contribution is -0.131. The third-order valence-corrected chi connectivity index (χ3v) is 7.57. The zero-order chi connectivity index (χ0) is 18.0. The molecule has 0 bridgehead atoms. The fourth-order valence-corrected chi connectivity index (χ4v) is 5.94. The monoisotopic (exact) mass is 401 g/mol. The number of hydrogen-bond acceptors (Lipinski definition) is 8. The van der Waals surface area contributed by atoms with E-state index in [0.29, 0.717) is 24.1 Å². The summed E-state index contributed by atoms with van der Waals surface area (Å²) in [5, 5.41) is 9.81. The second kappa shape index (κ2) is 7.46. The Bertz CT molecular complexity index is 832. The van der Waals surface area contributed by atoms with Crippen LogP contribution in [-0.2, 0) is 14.6 Å². The lowest BCUT2D eigenvalue weighted by Crippen LogP contribution is -2.44. The van der Waals surface area contributed by atoms with Crippen molar-refractivity contribution in [2.24, 2.45) is 0 Å². The van der Waals surface area contributed by atoms with Gasteiger partial charge in [0.1, 0.15) is 0 Å². The number of amides is 1. The molecule has 1 aliphatic heterocycles. The van der Waals surface area contributed by atoms with E-state index in [2.05, 4.69) is 10.2 Å². The minimum atomic E-state index is -3.03. The number of nitrogens with zero attached hydrogens (tertiary/aromatic N) is 3. The Morgan fingerprint density at radius 3 is 2.92 bits per heavy atom. The van der Waals surface area contributed by atoms with Gasteiger partial charge >= 0.3 is 0 Å². The fourth-order valence-electron chi connectivity index (χ4n) is 2.81. The molecule has 2 atom stereocenters. The zero-order valence-electron chi connectivity index (χ0n) is 13.9. The van der Waals surface area contributed by atoms with Gasteiger partial charge in [-0.25, -0.2) is 8.42 Å². The topological polar surface area (TPSA) is 93.4 Å². The molecule has 1 saturated heterocycles. The molecule has 0 unspecified atom stereocenters. The Kier molecular flexibility index (Phi) is 5.49. The summed E-state index contributed by atoms with van der Waals surface area (Å²) < 4.78 is 29.0. The first-order valence-electron chi connectivity index (χ1n) is 7.94. The minimum absolute atomic E-state index is 0.0487. The van der Waals surface area contributed by atoms with E-state index in [0.717, 1.165) is 4.88 Å². The van der Waals surface area contributed by atoms with Crippen molar-refractivity contribution in [1.82, 2.24) is 15.1 Å². The molecule has 10 heteroatoms. The highest BCUT2D eigenvalue weighted by atomic mass is 32.2. The van der Waals surface area contributed by atoms with E-state index in [4.69, 9.17) is 4.42 Å². The summed E-state index contributed by atoms with van der Waals surface area (Å²) in [6.45, 7) is 4.12. The van der Waals surface area contributed by atoms with Crippen molar-refractivity contribution >= 4 is 38.8 Å². The van der Waals surface area contributed by atoms with Crippen LogP contribution in [0.25, 0.3) is 10.8 Å². The van der Waals surface area contributed by atoms with E-state index in [1.807, 2.05) is 24.4 Å². The van der Waals surface area contributed by atoms with Crippen molar-refractivity contribution in [2.75, 3.05) is 18.1 Å². The van der Waals surface area contributed by atoms with Gasteiger partial charge in [-0.05, 0) is 31.7 Å². The van der Waals surface area contributed by atoms with E-state index < -0.39 is 15.1 Å². The van der Waals surface area contributed by atoms with Crippen molar-refractivity contribution in [3.05, 3.63) is 17.5 Å². The predicted molar refractivity (Wildman–Crippen MR) is 97.4 cm³/mol. The average molecular weight is 402 g/mol. The van der Waals surface area contributed by atoms with Crippen LogP contribution in [0.15, 0.2) is 27.2 Å². The van der Waals surface area contributed by atoms with Gasteiger partial charge in [-0.1, -0.05) is 17.8 Å².